The Kier molecular flexibility index (Phi) is 4.47. The van der Waals surface area contributed by atoms with Gasteiger partial charge in [0.1, 0.15) is 11.2 Å². The molecule has 0 aliphatic carbocycles. The van der Waals surface area contributed by atoms with Crippen LogP contribution in [-0.2, 0) is 16.1 Å². The Hall–Kier alpha value is -2.12. The van der Waals surface area contributed by atoms with Crippen LogP contribution in [0.15, 0.2) is 18.2 Å². The molecule has 24 heavy (non-hydrogen) atoms. The van der Waals surface area contributed by atoms with Gasteiger partial charge in [0.15, 0.2) is 0 Å². The summed E-state index contributed by atoms with van der Waals surface area (Å²) in [6.07, 6.45) is 0. The Morgan fingerprint density at radius 3 is 2.83 bits per heavy atom. The maximum Gasteiger partial charge on any atom is 0.313 e. The predicted molar refractivity (Wildman–Crippen MR) is 86.0 cm³/mol. The second-order valence-corrected chi connectivity index (χ2v) is 6.43. The van der Waals surface area contributed by atoms with Crippen molar-refractivity contribution in [3.05, 3.63) is 29.3 Å². The van der Waals surface area contributed by atoms with Crippen molar-refractivity contribution in [1.82, 2.24) is 10.2 Å². The van der Waals surface area contributed by atoms with Crippen molar-refractivity contribution in [3.63, 3.8) is 0 Å². The number of carboxylic acid groups (broad SMARTS) is 1. The van der Waals surface area contributed by atoms with Gasteiger partial charge >= 0.3 is 5.97 Å². The molecule has 0 unspecified atom stereocenters. The molecular weight excluding hydrogens is 312 g/mol. The van der Waals surface area contributed by atoms with Crippen LogP contribution in [0, 0.1) is 11.3 Å². The zero-order chi connectivity index (χ0) is 17.3. The molecule has 7 nitrogen and oxygen atoms in total. The highest BCUT2D eigenvalue weighted by Gasteiger charge is 2.56. The summed E-state index contributed by atoms with van der Waals surface area (Å²) in [6, 6.07) is 5.21. The average molecular weight is 334 g/mol. The van der Waals surface area contributed by atoms with Crippen molar-refractivity contribution < 1.29 is 24.2 Å². The van der Waals surface area contributed by atoms with Gasteiger partial charge in [-0.1, -0.05) is 0 Å². The van der Waals surface area contributed by atoms with Gasteiger partial charge in [-0.3, -0.25) is 9.59 Å². The number of methoxy groups -OCH3 is 2. The Morgan fingerprint density at radius 1 is 1.42 bits per heavy atom. The number of ether oxygens (including phenoxy) is 2. The largest absolute Gasteiger partial charge is 0.496 e. The molecule has 2 heterocycles. The number of benzene rings is 1. The maximum absolute atomic E-state index is 12.8. The molecule has 2 fully saturated rings. The number of fused-ring (bicyclic) bond motifs is 1. The average Bonchev–Trinajstić information content (AvgIpc) is 3.12. The van der Waals surface area contributed by atoms with Gasteiger partial charge in [-0.2, -0.15) is 0 Å². The summed E-state index contributed by atoms with van der Waals surface area (Å²) in [4.78, 5) is 26.2. The second-order valence-electron chi connectivity index (χ2n) is 6.43. The molecule has 0 aromatic heterocycles. The molecule has 2 N–H and O–H groups in total. The number of hydrogen-bond donors (Lipinski definition) is 2. The molecule has 130 valence electrons. The van der Waals surface area contributed by atoms with Crippen molar-refractivity contribution in [2.24, 2.45) is 11.3 Å². The zero-order valence-corrected chi connectivity index (χ0v) is 13.9. The van der Waals surface area contributed by atoms with Crippen LogP contribution in [0.3, 0.4) is 0 Å². The summed E-state index contributed by atoms with van der Waals surface area (Å²) in [5, 5.41) is 12.8. The number of rotatable bonds is 5. The molecule has 0 radical (unpaired) electrons. The van der Waals surface area contributed by atoms with Gasteiger partial charge in [0.25, 0.3) is 5.91 Å². The van der Waals surface area contributed by atoms with E-state index in [0.717, 1.165) is 5.56 Å². The fourth-order valence-electron chi connectivity index (χ4n) is 3.74. The highest BCUT2D eigenvalue weighted by atomic mass is 16.5. The number of amides is 1. The molecule has 2 aliphatic heterocycles. The van der Waals surface area contributed by atoms with E-state index < -0.39 is 11.4 Å². The van der Waals surface area contributed by atoms with E-state index in [1.54, 1.807) is 37.3 Å². The standard InChI is InChI=1S/C17H22N2O5/c1-23-8-12-5-11(3-4-14(12)24-2)15(20)19-7-13-6-18-9-17(13,10-19)16(21)22/h3-5,13,18H,6-10H2,1-2H3,(H,21,22)/t13-,17-/m0/s1. The van der Waals surface area contributed by atoms with E-state index in [1.807, 2.05) is 0 Å². The van der Waals surface area contributed by atoms with E-state index in [0.29, 0.717) is 37.6 Å². The summed E-state index contributed by atoms with van der Waals surface area (Å²) in [6.45, 7) is 2.09. The van der Waals surface area contributed by atoms with E-state index in [2.05, 4.69) is 5.32 Å². The molecular formula is C17H22N2O5. The smallest absolute Gasteiger partial charge is 0.313 e. The SMILES string of the molecule is COCc1cc(C(=O)N2C[C@@H]3CNC[C@]3(C(=O)O)C2)ccc1OC. The lowest BCUT2D eigenvalue weighted by atomic mass is 9.81. The number of carbonyl (C=O) groups is 2. The highest BCUT2D eigenvalue weighted by Crippen LogP contribution is 2.39. The molecule has 0 saturated carbocycles. The normalized spacial score (nSPS) is 25.6. The summed E-state index contributed by atoms with van der Waals surface area (Å²) < 4.78 is 10.4. The molecule has 0 bridgehead atoms. The first-order valence-electron chi connectivity index (χ1n) is 7.91. The lowest BCUT2D eigenvalue weighted by Crippen LogP contribution is -2.41. The van der Waals surface area contributed by atoms with E-state index in [-0.39, 0.29) is 18.4 Å². The first-order valence-corrected chi connectivity index (χ1v) is 7.91. The van der Waals surface area contributed by atoms with Gasteiger partial charge in [-0.05, 0) is 18.2 Å². The minimum atomic E-state index is -0.864. The molecule has 2 saturated heterocycles. The van der Waals surface area contributed by atoms with E-state index in [4.69, 9.17) is 9.47 Å². The molecule has 1 aromatic carbocycles. The van der Waals surface area contributed by atoms with Crippen molar-refractivity contribution in [3.8, 4) is 5.75 Å². The van der Waals surface area contributed by atoms with Crippen LogP contribution in [0.25, 0.3) is 0 Å². The van der Waals surface area contributed by atoms with Crippen molar-refractivity contribution in [2.75, 3.05) is 40.4 Å². The number of nitrogens with zero attached hydrogens (tertiary/aromatic N) is 1. The third kappa shape index (κ3) is 2.63. The molecule has 7 heteroatoms. The van der Waals surface area contributed by atoms with Crippen LogP contribution in [0.2, 0.25) is 0 Å². The van der Waals surface area contributed by atoms with Gasteiger partial charge < -0.3 is 24.8 Å². The van der Waals surface area contributed by atoms with Gasteiger partial charge in [0.2, 0.25) is 0 Å². The summed E-state index contributed by atoms with van der Waals surface area (Å²) in [5.41, 5.74) is 0.452. The number of hydrogen-bond acceptors (Lipinski definition) is 5. The summed E-state index contributed by atoms with van der Waals surface area (Å²) in [7, 11) is 3.15. The Balaban J connectivity index is 1.83. The zero-order valence-electron chi connectivity index (χ0n) is 13.9. The number of likely N-dealkylation sites (tertiary alicyclic amines) is 1. The fraction of sp³-hybridized carbons (Fsp3) is 0.529. The minimum absolute atomic E-state index is 0.0457. The lowest BCUT2D eigenvalue weighted by Gasteiger charge is -2.23. The number of carbonyl (C=O) groups excluding carboxylic acids is 1. The highest BCUT2D eigenvalue weighted by molar-refractivity contribution is 5.95. The Bertz CT molecular complexity index is 662. The monoisotopic (exact) mass is 334 g/mol. The first-order chi connectivity index (χ1) is 11.5. The molecule has 2 atom stereocenters. The third-order valence-corrected chi connectivity index (χ3v) is 5.07. The van der Waals surface area contributed by atoms with E-state index in [9.17, 15) is 14.7 Å². The quantitative estimate of drug-likeness (QED) is 0.819. The maximum atomic E-state index is 12.8. The molecule has 0 spiro atoms. The van der Waals surface area contributed by atoms with Gasteiger partial charge in [0, 0.05) is 50.3 Å². The van der Waals surface area contributed by atoms with Gasteiger partial charge in [0.05, 0.1) is 13.7 Å². The van der Waals surface area contributed by atoms with E-state index in [1.165, 1.54) is 0 Å². The topological polar surface area (TPSA) is 88.1 Å². The van der Waals surface area contributed by atoms with Crippen LogP contribution >= 0.6 is 0 Å². The molecule has 2 aliphatic rings. The first kappa shape index (κ1) is 16.7. The van der Waals surface area contributed by atoms with Crippen molar-refractivity contribution in [2.45, 2.75) is 6.61 Å². The Morgan fingerprint density at radius 2 is 2.21 bits per heavy atom. The molecule has 1 aromatic rings. The van der Waals surface area contributed by atoms with Crippen LogP contribution in [-0.4, -0.2) is 62.3 Å². The van der Waals surface area contributed by atoms with Crippen LogP contribution in [0.4, 0.5) is 0 Å². The van der Waals surface area contributed by atoms with Gasteiger partial charge in [-0.25, -0.2) is 0 Å². The molecule has 1 amide bonds. The van der Waals surface area contributed by atoms with Crippen molar-refractivity contribution in [1.29, 1.82) is 0 Å². The summed E-state index contributed by atoms with van der Waals surface area (Å²) in [5.74, 6) is -0.360. The van der Waals surface area contributed by atoms with Crippen molar-refractivity contribution >= 4 is 11.9 Å². The number of aliphatic carboxylic acids is 1. The Labute approximate surface area is 140 Å². The number of carboxylic acids is 1. The fourth-order valence-corrected chi connectivity index (χ4v) is 3.74. The van der Waals surface area contributed by atoms with Crippen LogP contribution in [0.1, 0.15) is 15.9 Å². The van der Waals surface area contributed by atoms with Crippen LogP contribution in [0.5, 0.6) is 5.75 Å². The third-order valence-electron chi connectivity index (χ3n) is 5.07. The molecule has 3 rings (SSSR count). The minimum Gasteiger partial charge on any atom is -0.496 e. The second kappa shape index (κ2) is 6.41. The van der Waals surface area contributed by atoms with Gasteiger partial charge in [-0.15, -0.1) is 0 Å². The summed E-state index contributed by atoms with van der Waals surface area (Å²) >= 11 is 0. The predicted octanol–water partition coefficient (Wildman–Crippen LogP) is 0.588. The van der Waals surface area contributed by atoms with E-state index >= 15 is 0 Å². The van der Waals surface area contributed by atoms with Crippen LogP contribution < -0.4 is 10.1 Å². The number of nitrogens with one attached hydrogen (secondary N) is 1. The lowest BCUT2D eigenvalue weighted by molar-refractivity contribution is -0.148.